The molecule has 0 heterocycles. The minimum absolute atomic E-state index is 0.522. The first-order valence-electron chi connectivity index (χ1n) is 11.9. The molecule has 4 heteroatoms. The van der Waals surface area contributed by atoms with Crippen molar-refractivity contribution >= 4 is 8.03 Å². The van der Waals surface area contributed by atoms with Gasteiger partial charge < -0.3 is 4.89 Å². The van der Waals surface area contributed by atoms with E-state index in [2.05, 4.69) is 26.0 Å². The lowest BCUT2D eigenvalue weighted by molar-refractivity contribution is -0.910. The molecule has 28 heavy (non-hydrogen) atoms. The number of hydrogen-bond acceptors (Lipinski definition) is 2. The SMILES string of the molecule is CCCC=CCCCCCCCCCCCCC(CCC)([P+](=O)[O-])[N+](C)(C)C. The maximum Gasteiger partial charge on any atom is 0.376 e. The summed E-state index contributed by atoms with van der Waals surface area (Å²) in [6, 6.07) is 0. The molecular formula is C24H49NO2P+. The molecule has 0 saturated carbocycles. The minimum atomic E-state index is -2.42. The van der Waals surface area contributed by atoms with E-state index in [1.165, 1.54) is 77.0 Å². The van der Waals surface area contributed by atoms with Gasteiger partial charge in [-0.05, 0) is 32.1 Å². The van der Waals surface area contributed by atoms with E-state index in [4.69, 9.17) is 0 Å². The van der Waals surface area contributed by atoms with Gasteiger partial charge in [0, 0.05) is 12.8 Å². The predicted molar refractivity (Wildman–Crippen MR) is 123 cm³/mol. The van der Waals surface area contributed by atoms with Gasteiger partial charge in [-0.3, -0.25) is 4.48 Å². The topological polar surface area (TPSA) is 40.1 Å². The van der Waals surface area contributed by atoms with Crippen LogP contribution < -0.4 is 4.89 Å². The van der Waals surface area contributed by atoms with Crippen molar-refractivity contribution in [3.8, 4) is 0 Å². The van der Waals surface area contributed by atoms with Gasteiger partial charge >= 0.3 is 8.03 Å². The molecule has 2 unspecified atom stereocenters. The fourth-order valence-corrected chi connectivity index (χ4v) is 5.35. The van der Waals surface area contributed by atoms with Crippen molar-refractivity contribution in [3.63, 3.8) is 0 Å². The van der Waals surface area contributed by atoms with Crippen molar-refractivity contribution in [2.75, 3.05) is 21.1 Å². The normalized spacial score (nSPS) is 15.1. The van der Waals surface area contributed by atoms with Crippen LogP contribution in [0, 0.1) is 0 Å². The minimum Gasteiger partial charge on any atom is -0.590 e. The molecule has 0 aliphatic carbocycles. The Morgan fingerprint density at radius 2 is 1.18 bits per heavy atom. The lowest BCUT2D eigenvalue weighted by Gasteiger charge is -2.39. The van der Waals surface area contributed by atoms with Crippen LogP contribution in [0.3, 0.4) is 0 Å². The predicted octanol–water partition coefficient (Wildman–Crippen LogP) is 7.33. The maximum absolute atomic E-state index is 12.1. The molecule has 0 spiro atoms. The Morgan fingerprint density at radius 3 is 1.61 bits per heavy atom. The fraction of sp³-hybridized carbons (Fsp3) is 0.917. The molecule has 0 N–H and O–H groups in total. The average Bonchev–Trinajstić information content (AvgIpc) is 2.62. The van der Waals surface area contributed by atoms with E-state index < -0.39 is 13.3 Å². The third-order valence-corrected chi connectivity index (χ3v) is 7.79. The number of unbranched alkanes of at least 4 members (excludes halogenated alkanes) is 11. The smallest absolute Gasteiger partial charge is 0.376 e. The van der Waals surface area contributed by atoms with Crippen LogP contribution >= 0.6 is 8.03 Å². The first-order valence-corrected chi connectivity index (χ1v) is 13.1. The standard InChI is InChI=1S/C24H49NO2P/c1-6-8-9-10-11-12-13-14-15-16-17-18-19-20-21-23-24(22-7-2,28(26)27)25(3,4)5/h9-10H,6-8,11-23H2,1-5H3/q+1. The zero-order chi connectivity index (χ0) is 21.3. The summed E-state index contributed by atoms with van der Waals surface area (Å²) in [5, 5.41) is -0.587. The van der Waals surface area contributed by atoms with Crippen molar-refractivity contribution in [3.05, 3.63) is 12.2 Å². The van der Waals surface area contributed by atoms with E-state index in [9.17, 15) is 9.46 Å². The highest BCUT2D eigenvalue weighted by Gasteiger charge is 2.53. The molecule has 0 fully saturated rings. The Kier molecular flexibility index (Phi) is 16.4. The van der Waals surface area contributed by atoms with Gasteiger partial charge in [-0.25, -0.2) is 0 Å². The van der Waals surface area contributed by atoms with Gasteiger partial charge in [0.15, 0.2) is 0 Å². The molecule has 3 nitrogen and oxygen atoms in total. The molecule has 2 atom stereocenters. The molecule has 0 rings (SSSR count). The van der Waals surface area contributed by atoms with Crippen molar-refractivity contribution in [2.45, 2.75) is 122 Å². The zero-order valence-corrected chi connectivity index (χ0v) is 20.6. The van der Waals surface area contributed by atoms with Crippen LogP contribution in [0.4, 0.5) is 0 Å². The highest BCUT2D eigenvalue weighted by atomic mass is 31.1. The number of allylic oxidation sites excluding steroid dienone is 2. The summed E-state index contributed by atoms with van der Waals surface area (Å²) in [5.41, 5.74) is 0. The van der Waals surface area contributed by atoms with Gasteiger partial charge in [0.25, 0.3) is 5.28 Å². The van der Waals surface area contributed by atoms with Gasteiger partial charge in [-0.15, -0.1) is 0 Å². The van der Waals surface area contributed by atoms with Crippen LogP contribution in [-0.4, -0.2) is 30.9 Å². The lowest BCUT2D eigenvalue weighted by Crippen LogP contribution is -2.55. The summed E-state index contributed by atoms with van der Waals surface area (Å²) in [5.74, 6) is 0. The van der Waals surface area contributed by atoms with E-state index >= 15 is 0 Å². The summed E-state index contributed by atoms with van der Waals surface area (Å²) >= 11 is 0. The molecule has 0 aromatic rings. The summed E-state index contributed by atoms with van der Waals surface area (Å²) in [6.07, 6.45) is 23.8. The zero-order valence-electron chi connectivity index (χ0n) is 19.7. The van der Waals surface area contributed by atoms with E-state index in [1.807, 2.05) is 21.1 Å². The molecule has 0 aliphatic rings. The number of quaternary nitrogens is 1. The van der Waals surface area contributed by atoms with Crippen LogP contribution in [-0.2, 0) is 4.57 Å². The lowest BCUT2D eigenvalue weighted by atomic mass is 9.99. The molecule has 0 radical (unpaired) electrons. The molecule has 166 valence electrons. The highest BCUT2D eigenvalue weighted by Crippen LogP contribution is 2.45. The number of nitrogens with zero attached hydrogens (tertiary/aromatic N) is 1. The van der Waals surface area contributed by atoms with Crippen LogP contribution in [0.15, 0.2) is 12.2 Å². The van der Waals surface area contributed by atoms with E-state index in [-0.39, 0.29) is 0 Å². The Morgan fingerprint density at radius 1 is 0.714 bits per heavy atom. The van der Waals surface area contributed by atoms with Crippen molar-refractivity contribution in [1.82, 2.24) is 0 Å². The number of rotatable bonds is 19. The molecule has 0 aromatic carbocycles. The summed E-state index contributed by atoms with van der Waals surface area (Å²) in [7, 11) is 3.67. The van der Waals surface area contributed by atoms with Gasteiger partial charge in [0.05, 0.1) is 21.1 Å². The molecule has 0 bridgehead atoms. The van der Waals surface area contributed by atoms with Gasteiger partial charge in [-0.1, -0.05) is 88.4 Å². The van der Waals surface area contributed by atoms with Gasteiger partial charge in [0.2, 0.25) is 0 Å². The quantitative estimate of drug-likeness (QED) is 0.0960. The second kappa shape index (κ2) is 16.5. The van der Waals surface area contributed by atoms with Crippen LogP contribution in [0.5, 0.6) is 0 Å². The molecular weight excluding hydrogens is 365 g/mol. The Balaban J connectivity index is 3.76. The summed E-state index contributed by atoms with van der Waals surface area (Å²) in [6.45, 7) is 4.32. The van der Waals surface area contributed by atoms with E-state index in [0.29, 0.717) is 4.48 Å². The first kappa shape index (κ1) is 27.8. The summed E-state index contributed by atoms with van der Waals surface area (Å²) < 4.78 is 12.6. The second-order valence-electron chi connectivity index (χ2n) is 9.34. The first-order chi connectivity index (χ1) is 13.3. The average molecular weight is 415 g/mol. The summed E-state index contributed by atoms with van der Waals surface area (Å²) in [4.78, 5) is 12.1. The largest absolute Gasteiger partial charge is 0.590 e. The highest BCUT2D eigenvalue weighted by molar-refractivity contribution is 7.38. The van der Waals surface area contributed by atoms with Crippen molar-refractivity contribution in [2.24, 2.45) is 0 Å². The van der Waals surface area contributed by atoms with Crippen LogP contribution in [0.25, 0.3) is 0 Å². The van der Waals surface area contributed by atoms with E-state index in [0.717, 1.165) is 25.7 Å². The third kappa shape index (κ3) is 11.7. The third-order valence-electron chi connectivity index (χ3n) is 6.06. The second-order valence-corrected chi connectivity index (χ2v) is 10.7. The van der Waals surface area contributed by atoms with E-state index in [1.54, 1.807) is 0 Å². The van der Waals surface area contributed by atoms with Gasteiger partial charge in [0.1, 0.15) is 0 Å². The van der Waals surface area contributed by atoms with Crippen molar-refractivity contribution < 1.29 is 13.9 Å². The fourth-order valence-electron chi connectivity index (χ4n) is 4.11. The maximum atomic E-state index is 12.1. The van der Waals surface area contributed by atoms with Crippen molar-refractivity contribution in [1.29, 1.82) is 0 Å². The van der Waals surface area contributed by atoms with Gasteiger partial charge in [-0.2, -0.15) is 0 Å². The monoisotopic (exact) mass is 414 g/mol. The van der Waals surface area contributed by atoms with Crippen LogP contribution in [0.2, 0.25) is 0 Å². The molecule has 0 saturated heterocycles. The van der Waals surface area contributed by atoms with Crippen LogP contribution in [0.1, 0.15) is 117 Å². The molecule has 0 aromatic heterocycles. The number of hydrogen-bond donors (Lipinski definition) is 0. The molecule has 0 amide bonds. The Hall–Kier alpha value is -0.240. The Bertz CT molecular complexity index is 417. The Labute approximate surface area is 177 Å². The molecule has 0 aliphatic heterocycles.